The van der Waals surface area contributed by atoms with E-state index < -0.39 is 0 Å². The number of carbonyl (C=O) groups is 1. The SMILES string of the molecule is C[C@@H](CNC(=O)CSc1nnc(-c2ccncc2)n1-c1ccc(Cl)cc1)c1ccccc1. The molecule has 162 valence electrons. The van der Waals surface area contributed by atoms with E-state index in [1.807, 2.05) is 59.2 Å². The third-order valence-electron chi connectivity index (χ3n) is 4.96. The average Bonchev–Trinajstić information content (AvgIpc) is 3.27. The highest BCUT2D eigenvalue weighted by atomic mass is 35.5. The molecule has 0 bridgehead atoms. The highest BCUT2D eigenvalue weighted by molar-refractivity contribution is 7.99. The number of benzene rings is 2. The van der Waals surface area contributed by atoms with E-state index in [9.17, 15) is 4.79 Å². The predicted octanol–water partition coefficient (Wildman–Crippen LogP) is 4.99. The van der Waals surface area contributed by atoms with Gasteiger partial charge in [0.1, 0.15) is 0 Å². The molecule has 8 heteroatoms. The minimum atomic E-state index is -0.0473. The van der Waals surface area contributed by atoms with Gasteiger partial charge in [0.05, 0.1) is 5.75 Å². The molecule has 1 atom stereocenters. The first-order valence-corrected chi connectivity index (χ1v) is 11.5. The fraction of sp³-hybridized carbons (Fsp3) is 0.167. The van der Waals surface area contributed by atoms with Crippen LogP contribution in [0.3, 0.4) is 0 Å². The second-order valence-electron chi connectivity index (χ2n) is 7.26. The van der Waals surface area contributed by atoms with Crippen molar-refractivity contribution in [3.8, 4) is 17.1 Å². The number of thioether (sulfide) groups is 1. The zero-order chi connectivity index (χ0) is 22.3. The van der Waals surface area contributed by atoms with Crippen molar-refractivity contribution in [2.75, 3.05) is 12.3 Å². The van der Waals surface area contributed by atoms with E-state index in [0.717, 1.165) is 11.3 Å². The Morgan fingerprint density at radius 1 is 1.03 bits per heavy atom. The topological polar surface area (TPSA) is 72.7 Å². The van der Waals surface area contributed by atoms with Crippen molar-refractivity contribution >= 4 is 29.3 Å². The van der Waals surface area contributed by atoms with Gasteiger partial charge in [0.25, 0.3) is 0 Å². The van der Waals surface area contributed by atoms with Gasteiger partial charge in [0, 0.05) is 35.2 Å². The Labute approximate surface area is 196 Å². The standard InChI is InChI=1S/C24H22ClN5OS/c1-17(18-5-3-2-4-6-18)15-27-22(31)16-32-24-29-28-23(19-11-13-26-14-12-19)30(24)21-9-7-20(25)8-10-21/h2-14,17H,15-16H2,1H3,(H,27,31)/t17-/m0/s1. The van der Waals surface area contributed by atoms with E-state index in [2.05, 4.69) is 39.6 Å². The molecule has 0 unspecified atom stereocenters. The summed E-state index contributed by atoms with van der Waals surface area (Å²) < 4.78 is 1.93. The maximum atomic E-state index is 12.5. The summed E-state index contributed by atoms with van der Waals surface area (Å²) in [5, 5.41) is 13.0. The maximum Gasteiger partial charge on any atom is 0.230 e. The Morgan fingerprint density at radius 3 is 2.47 bits per heavy atom. The van der Waals surface area contributed by atoms with Crippen LogP contribution in [0.2, 0.25) is 5.02 Å². The number of pyridine rings is 1. The lowest BCUT2D eigenvalue weighted by Crippen LogP contribution is -2.29. The minimum Gasteiger partial charge on any atom is -0.355 e. The number of amides is 1. The average molecular weight is 464 g/mol. The highest BCUT2D eigenvalue weighted by Crippen LogP contribution is 2.28. The monoisotopic (exact) mass is 463 g/mol. The Bertz CT molecular complexity index is 1170. The van der Waals surface area contributed by atoms with E-state index in [0.29, 0.717) is 22.5 Å². The Kier molecular flexibility index (Phi) is 7.19. The number of hydrogen-bond donors (Lipinski definition) is 1. The van der Waals surface area contributed by atoms with E-state index in [4.69, 9.17) is 11.6 Å². The summed E-state index contributed by atoms with van der Waals surface area (Å²) in [6, 6.07) is 21.3. The Morgan fingerprint density at radius 2 is 1.75 bits per heavy atom. The van der Waals surface area contributed by atoms with Gasteiger partial charge >= 0.3 is 0 Å². The van der Waals surface area contributed by atoms with Gasteiger partial charge in [-0.1, -0.05) is 60.6 Å². The van der Waals surface area contributed by atoms with Gasteiger partial charge in [-0.2, -0.15) is 0 Å². The number of carbonyl (C=O) groups excluding carboxylic acids is 1. The fourth-order valence-electron chi connectivity index (χ4n) is 3.22. The molecular formula is C24H22ClN5OS. The van der Waals surface area contributed by atoms with Crippen molar-refractivity contribution in [3.05, 3.63) is 89.7 Å². The molecule has 0 aliphatic carbocycles. The normalized spacial score (nSPS) is 11.8. The third kappa shape index (κ3) is 5.36. The number of rotatable bonds is 8. The summed E-state index contributed by atoms with van der Waals surface area (Å²) in [6.07, 6.45) is 3.43. The predicted molar refractivity (Wildman–Crippen MR) is 128 cm³/mol. The lowest BCUT2D eigenvalue weighted by Gasteiger charge is -2.13. The molecule has 0 saturated heterocycles. The lowest BCUT2D eigenvalue weighted by atomic mass is 10.0. The number of nitrogens with zero attached hydrogens (tertiary/aromatic N) is 4. The van der Waals surface area contributed by atoms with Crippen molar-refractivity contribution in [1.82, 2.24) is 25.1 Å². The molecule has 0 saturated carbocycles. The molecule has 0 aliphatic heterocycles. The summed E-state index contributed by atoms with van der Waals surface area (Å²) in [4.78, 5) is 16.6. The molecular weight excluding hydrogens is 442 g/mol. The summed E-state index contributed by atoms with van der Waals surface area (Å²) >= 11 is 7.42. The fourth-order valence-corrected chi connectivity index (χ4v) is 4.13. The molecule has 0 fully saturated rings. The van der Waals surface area contributed by atoms with E-state index in [1.54, 1.807) is 12.4 Å². The summed E-state index contributed by atoms with van der Waals surface area (Å²) in [6.45, 7) is 2.68. The van der Waals surface area contributed by atoms with Crippen molar-refractivity contribution < 1.29 is 4.79 Å². The summed E-state index contributed by atoms with van der Waals surface area (Å²) in [5.41, 5.74) is 2.95. The first-order valence-electron chi connectivity index (χ1n) is 10.2. The van der Waals surface area contributed by atoms with Crippen molar-refractivity contribution in [1.29, 1.82) is 0 Å². The van der Waals surface area contributed by atoms with E-state index >= 15 is 0 Å². The molecule has 1 amide bonds. The van der Waals surface area contributed by atoms with Crippen LogP contribution in [0.4, 0.5) is 0 Å². The van der Waals surface area contributed by atoms with Gasteiger partial charge < -0.3 is 5.32 Å². The summed E-state index contributed by atoms with van der Waals surface area (Å²) in [7, 11) is 0. The number of halogens is 1. The van der Waals surface area contributed by atoms with Crippen LogP contribution in [-0.4, -0.2) is 38.0 Å². The van der Waals surface area contributed by atoms with Gasteiger partial charge in [-0.3, -0.25) is 14.3 Å². The Balaban J connectivity index is 1.48. The molecule has 32 heavy (non-hydrogen) atoms. The van der Waals surface area contributed by atoms with Crippen LogP contribution in [0.25, 0.3) is 17.1 Å². The first kappa shape index (κ1) is 22.0. The van der Waals surface area contributed by atoms with Gasteiger partial charge in [-0.25, -0.2) is 0 Å². The molecule has 0 aliphatic rings. The van der Waals surface area contributed by atoms with Crippen LogP contribution >= 0.6 is 23.4 Å². The van der Waals surface area contributed by atoms with E-state index in [1.165, 1.54) is 17.3 Å². The quantitative estimate of drug-likeness (QED) is 0.372. The number of hydrogen-bond acceptors (Lipinski definition) is 5. The maximum absolute atomic E-state index is 12.5. The second-order valence-corrected chi connectivity index (χ2v) is 8.64. The first-order chi connectivity index (χ1) is 15.6. The number of aromatic nitrogens is 4. The van der Waals surface area contributed by atoms with E-state index in [-0.39, 0.29) is 17.6 Å². The molecule has 2 aromatic carbocycles. The summed E-state index contributed by atoms with van der Waals surface area (Å²) in [5.74, 6) is 1.11. The molecule has 0 radical (unpaired) electrons. The van der Waals surface area contributed by atoms with Crippen molar-refractivity contribution in [2.24, 2.45) is 0 Å². The zero-order valence-electron chi connectivity index (χ0n) is 17.5. The van der Waals surface area contributed by atoms with Gasteiger partial charge in [-0.05, 0) is 47.9 Å². The van der Waals surface area contributed by atoms with Crippen molar-refractivity contribution in [3.63, 3.8) is 0 Å². The lowest BCUT2D eigenvalue weighted by molar-refractivity contribution is -0.118. The number of nitrogens with one attached hydrogen (secondary N) is 1. The van der Waals surface area contributed by atoms with Crippen LogP contribution in [0, 0.1) is 0 Å². The minimum absolute atomic E-state index is 0.0473. The highest BCUT2D eigenvalue weighted by Gasteiger charge is 2.17. The van der Waals surface area contributed by atoms with Crippen LogP contribution < -0.4 is 5.32 Å². The van der Waals surface area contributed by atoms with Crippen molar-refractivity contribution in [2.45, 2.75) is 18.0 Å². The second kappa shape index (κ2) is 10.4. The van der Waals surface area contributed by atoms with Gasteiger partial charge in [0.15, 0.2) is 11.0 Å². The molecule has 6 nitrogen and oxygen atoms in total. The van der Waals surface area contributed by atoms with Gasteiger partial charge in [-0.15, -0.1) is 10.2 Å². The molecule has 4 rings (SSSR count). The largest absolute Gasteiger partial charge is 0.355 e. The van der Waals surface area contributed by atoms with Crippen LogP contribution in [-0.2, 0) is 4.79 Å². The molecule has 2 aromatic heterocycles. The van der Waals surface area contributed by atoms with Crippen LogP contribution in [0.1, 0.15) is 18.4 Å². The van der Waals surface area contributed by atoms with Crippen LogP contribution in [0.15, 0.2) is 84.3 Å². The molecule has 1 N–H and O–H groups in total. The molecule has 0 spiro atoms. The van der Waals surface area contributed by atoms with Crippen LogP contribution in [0.5, 0.6) is 0 Å². The molecule has 2 heterocycles. The molecule has 4 aromatic rings. The van der Waals surface area contributed by atoms with Gasteiger partial charge in [0.2, 0.25) is 5.91 Å². The Hall–Kier alpha value is -3.16. The third-order valence-corrected chi connectivity index (χ3v) is 6.14. The zero-order valence-corrected chi connectivity index (χ0v) is 19.1. The smallest absolute Gasteiger partial charge is 0.230 e.